The first kappa shape index (κ1) is 24.0. The number of carbonyl (C=O) groups is 1. The van der Waals surface area contributed by atoms with E-state index in [-0.39, 0.29) is 21.4 Å². The molecule has 2 aromatic rings. The molecule has 0 saturated carbocycles. The molecule has 7 nitrogen and oxygen atoms in total. The maximum Gasteiger partial charge on any atom is 0.255 e. The molecule has 0 aliphatic carbocycles. The molecule has 2 heterocycles. The fourth-order valence-corrected chi connectivity index (χ4v) is 6.39. The summed E-state index contributed by atoms with van der Waals surface area (Å²) in [7, 11) is -1.63. The van der Waals surface area contributed by atoms with Crippen LogP contribution in [-0.2, 0) is 10.0 Å². The van der Waals surface area contributed by atoms with Crippen molar-refractivity contribution in [3.63, 3.8) is 0 Å². The number of benzene rings is 2. The van der Waals surface area contributed by atoms with Crippen molar-refractivity contribution in [1.29, 1.82) is 0 Å². The van der Waals surface area contributed by atoms with Gasteiger partial charge in [-0.1, -0.05) is 30.2 Å². The minimum absolute atomic E-state index is 0.0172. The average molecular weight is 491 g/mol. The topological polar surface area (TPSA) is 81.7 Å². The molecule has 4 rings (SSSR count). The first-order valence-electron chi connectivity index (χ1n) is 11.5. The lowest BCUT2D eigenvalue weighted by Crippen LogP contribution is -2.36. The number of likely N-dealkylation sites (tertiary alicyclic amines) is 1. The highest BCUT2D eigenvalue weighted by molar-refractivity contribution is 7.89. The Balaban J connectivity index is 1.52. The first-order chi connectivity index (χ1) is 15.8. The molecule has 2 saturated heterocycles. The van der Waals surface area contributed by atoms with E-state index in [0.717, 1.165) is 50.9 Å². The van der Waals surface area contributed by atoms with Crippen molar-refractivity contribution in [3.8, 4) is 0 Å². The molecule has 2 aliphatic heterocycles. The minimum atomic E-state index is -3.75. The molecular formula is C24H31ClN4O3S. The van der Waals surface area contributed by atoms with Gasteiger partial charge in [0.1, 0.15) is 4.90 Å². The van der Waals surface area contributed by atoms with E-state index in [1.165, 1.54) is 16.4 Å². The third-order valence-corrected chi connectivity index (χ3v) is 8.76. The van der Waals surface area contributed by atoms with Crippen LogP contribution in [0.4, 0.5) is 11.4 Å². The molecule has 0 bridgehead atoms. The highest BCUT2D eigenvalue weighted by Gasteiger charge is 2.29. The van der Waals surface area contributed by atoms with E-state index in [0.29, 0.717) is 24.8 Å². The average Bonchev–Trinajstić information content (AvgIpc) is 2.82. The van der Waals surface area contributed by atoms with E-state index in [2.05, 4.69) is 22.6 Å². The SMILES string of the molecule is CN1CCC(Nc2ccccc2NC(=O)c2ccc(Cl)c(S(=O)(=O)N3CCCCC3)c2)CC1. The van der Waals surface area contributed by atoms with Gasteiger partial charge < -0.3 is 15.5 Å². The molecular weight excluding hydrogens is 460 g/mol. The number of rotatable bonds is 6. The van der Waals surface area contributed by atoms with Crippen molar-refractivity contribution >= 4 is 38.9 Å². The van der Waals surface area contributed by atoms with Gasteiger partial charge in [0.05, 0.1) is 16.4 Å². The Bertz CT molecular complexity index is 1090. The molecule has 178 valence electrons. The molecule has 0 unspecified atom stereocenters. The second-order valence-electron chi connectivity index (χ2n) is 8.83. The van der Waals surface area contributed by atoms with Gasteiger partial charge in [0.2, 0.25) is 10.0 Å². The van der Waals surface area contributed by atoms with E-state index < -0.39 is 10.0 Å². The number of sulfonamides is 1. The molecule has 2 N–H and O–H groups in total. The van der Waals surface area contributed by atoms with Crippen LogP contribution >= 0.6 is 11.6 Å². The van der Waals surface area contributed by atoms with Gasteiger partial charge in [0.25, 0.3) is 5.91 Å². The zero-order chi connectivity index (χ0) is 23.4. The highest BCUT2D eigenvalue weighted by atomic mass is 35.5. The summed E-state index contributed by atoms with van der Waals surface area (Å²) in [5.41, 5.74) is 1.77. The van der Waals surface area contributed by atoms with Crippen LogP contribution in [0.3, 0.4) is 0 Å². The van der Waals surface area contributed by atoms with Gasteiger partial charge in [-0.05, 0) is 76.2 Å². The first-order valence-corrected chi connectivity index (χ1v) is 13.3. The van der Waals surface area contributed by atoms with E-state index >= 15 is 0 Å². The molecule has 2 fully saturated rings. The van der Waals surface area contributed by atoms with Crippen LogP contribution in [0, 0.1) is 0 Å². The number of halogens is 1. The van der Waals surface area contributed by atoms with E-state index in [4.69, 9.17) is 11.6 Å². The van der Waals surface area contributed by atoms with Crippen molar-refractivity contribution in [3.05, 3.63) is 53.1 Å². The van der Waals surface area contributed by atoms with Crippen molar-refractivity contribution in [1.82, 2.24) is 9.21 Å². The van der Waals surface area contributed by atoms with Gasteiger partial charge >= 0.3 is 0 Å². The number of amides is 1. The summed E-state index contributed by atoms with van der Waals surface area (Å²) < 4.78 is 27.7. The number of carbonyl (C=O) groups excluding carboxylic acids is 1. The fourth-order valence-electron chi connectivity index (χ4n) is 4.37. The lowest BCUT2D eigenvalue weighted by atomic mass is 10.0. The summed E-state index contributed by atoms with van der Waals surface area (Å²) in [6.07, 6.45) is 4.75. The van der Waals surface area contributed by atoms with E-state index in [1.54, 1.807) is 6.07 Å². The van der Waals surface area contributed by atoms with Crippen LogP contribution in [0.1, 0.15) is 42.5 Å². The lowest BCUT2D eigenvalue weighted by molar-refractivity contribution is 0.102. The maximum atomic E-state index is 13.1. The third kappa shape index (κ3) is 5.69. The number of para-hydroxylation sites is 2. The standard InChI is InChI=1S/C24H31ClN4O3S/c1-28-15-11-19(12-16-28)26-21-7-3-4-8-22(21)27-24(30)18-9-10-20(25)23(17-18)33(31,32)29-13-5-2-6-14-29/h3-4,7-10,17,19,26H,2,5-6,11-16H2,1H3,(H,27,30). The van der Waals surface area contributed by atoms with Crippen molar-refractivity contribution in [2.24, 2.45) is 0 Å². The van der Waals surface area contributed by atoms with Crippen molar-refractivity contribution < 1.29 is 13.2 Å². The van der Waals surface area contributed by atoms with E-state index in [1.807, 2.05) is 24.3 Å². The Morgan fingerprint density at radius 2 is 1.64 bits per heavy atom. The number of anilines is 2. The van der Waals surface area contributed by atoms with Crippen LogP contribution in [0.25, 0.3) is 0 Å². The molecule has 2 aromatic carbocycles. The molecule has 2 aliphatic rings. The summed E-state index contributed by atoms with van der Waals surface area (Å²) >= 11 is 6.26. The van der Waals surface area contributed by atoms with Gasteiger partial charge in [-0.25, -0.2) is 8.42 Å². The molecule has 33 heavy (non-hydrogen) atoms. The Morgan fingerprint density at radius 1 is 0.970 bits per heavy atom. The normalized spacial score (nSPS) is 18.7. The molecule has 0 atom stereocenters. The van der Waals surface area contributed by atoms with Gasteiger partial charge in [0.15, 0.2) is 0 Å². The smallest absolute Gasteiger partial charge is 0.255 e. The monoisotopic (exact) mass is 490 g/mol. The number of nitrogens with one attached hydrogen (secondary N) is 2. The molecule has 9 heteroatoms. The maximum absolute atomic E-state index is 13.1. The number of hydrogen-bond acceptors (Lipinski definition) is 5. The van der Waals surface area contributed by atoms with Gasteiger partial charge in [-0.2, -0.15) is 4.31 Å². The third-order valence-electron chi connectivity index (χ3n) is 6.38. The van der Waals surface area contributed by atoms with Crippen LogP contribution in [0.5, 0.6) is 0 Å². The van der Waals surface area contributed by atoms with Gasteiger partial charge in [-0.3, -0.25) is 4.79 Å². The zero-order valence-corrected chi connectivity index (χ0v) is 20.5. The Hall–Kier alpha value is -2.13. The van der Waals surface area contributed by atoms with Crippen LogP contribution in [0.2, 0.25) is 5.02 Å². The number of nitrogens with zero attached hydrogens (tertiary/aromatic N) is 2. The fraction of sp³-hybridized carbons (Fsp3) is 0.458. The van der Waals surface area contributed by atoms with Crippen LogP contribution in [-0.4, -0.2) is 62.8 Å². The zero-order valence-electron chi connectivity index (χ0n) is 18.9. The minimum Gasteiger partial charge on any atom is -0.381 e. The van der Waals surface area contributed by atoms with Crippen LogP contribution < -0.4 is 10.6 Å². The van der Waals surface area contributed by atoms with Crippen LogP contribution in [0.15, 0.2) is 47.4 Å². The molecule has 0 radical (unpaired) electrons. The highest BCUT2D eigenvalue weighted by Crippen LogP contribution is 2.29. The quantitative estimate of drug-likeness (QED) is 0.631. The largest absolute Gasteiger partial charge is 0.381 e. The summed E-state index contributed by atoms with van der Waals surface area (Å²) in [4.78, 5) is 15.4. The summed E-state index contributed by atoms with van der Waals surface area (Å²) in [6, 6.07) is 12.3. The lowest BCUT2D eigenvalue weighted by Gasteiger charge is -2.30. The number of piperidine rings is 2. The Kier molecular flexibility index (Phi) is 7.58. The Morgan fingerprint density at radius 3 is 2.33 bits per heavy atom. The predicted octanol–water partition coefficient (Wildman–Crippen LogP) is 4.27. The van der Waals surface area contributed by atoms with E-state index in [9.17, 15) is 13.2 Å². The second kappa shape index (κ2) is 10.4. The van der Waals surface area contributed by atoms with Gasteiger partial charge in [0, 0.05) is 24.7 Å². The summed E-state index contributed by atoms with van der Waals surface area (Å²) in [5.74, 6) is -0.376. The molecule has 0 aromatic heterocycles. The second-order valence-corrected chi connectivity index (χ2v) is 11.1. The van der Waals surface area contributed by atoms with Crippen molar-refractivity contribution in [2.75, 3.05) is 43.9 Å². The predicted molar refractivity (Wildman–Crippen MR) is 133 cm³/mol. The summed E-state index contributed by atoms with van der Waals surface area (Å²) in [6.45, 7) is 3.02. The summed E-state index contributed by atoms with van der Waals surface area (Å²) in [5, 5.41) is 6.62. The van der Waals surface area contributed by atoms with Crippen molar-refractivity contribution in [2.45, 2.75) is 43.0 Å². The number of hydrogen-bond donors (Lipinski definition) is 2. The molecule has 0 spiro atoms. The van der Waals surface area contributed by atoms with Gasteiger partial charge in [-0.15, -0.1) is 0 Å². The Labute approximate surface area is 201 Å². The molecule has 1 amide bonds.